The molecule has 162 valence electrons. The number of fused-ring (bicyclic) bond motifs is 1. The van der Waals surface area contributed by atoms with Gasteiger partial charge in [0.1, 0.15) is 11.6 Å². The molecular weight excluding hydrogens is 417 g/mol. The van der Waals surface area contributed by atoms with Crippen LogP contribution in [0.5, 0.6) is 0 Å². The van der Waals surface area contributed by atoms with Gasteiger partial charge in [0, 0.05) is 37.4 Å². The van der Waals surface area contributed by atoms with Crippen molar-refractivity contribution in [3.05, 3.63) is 47.6 Å². The van der Waals surface area contributed by atoms with Crippen molar-refractivity contribution >= 4 is 34.6 Å². The number of halogens is 3. The summed E-state index contributed by atoms with van der Waals surface area (Å²) in [5.41, 5.74) is 0.311. The number of carboxylic acid groups (broad SMARTS) is 1. The molecule has 1 aliphatic heterocycles. The lowest BCUT2D eigenvalue weighted by Crippen LogP contribution is -2.29. The van der Waals surface area contributed by atoms with Crippen molar-refractivity contribution in [3.63, 3.8) is 0 Å². The average Bonchev–Trinajstić information content (AvgIpc) is 3.10. The molecule has 0 aliphatic carbocycles. The van der Waals surface area contributed by atoms with Gasteiger partial charge in [0.2, 0.25) is 11.7 Å². The molecule has 2 N–H and O–H groups in total. The van der Waals surface area contributed by atoms with E-state index in [-0.39, 0.29) is 48.8 Å². The van der Waals surface area contributed by atoms with E-state index in [2.05, 4.69) is 15.3 Å². The van der Waals surface area contributed by atoms with Gasteiger partial charge in [-0.1, -0.05) is 0 Å². The number of pyridine rings is 1. The minimum absolute atomic E-state index is 0.0384. The molecule has 0 spiro atoms. The van der Waals surface area contributed by atoms with Crippen LogP contribution in [0.3, 0.4) is 0 Å². The molecule has 3 heterocycles. The van der Waals surface area contributed by atoms with Crippen LogP contribution >= 0.6 is 0 Å². The number of benzene rings is 1. The number of nitrogens with zero attached hydrogens (tertiary/aromatic N) is 3. The molecule has 0 saturated carbocycles. The first kappa shape index (κ1) is 20.6. The number of hydrogen-bond donors (Lipinski definition) is 2. The number of carbonyl (C=O) groups excluding carboxylic acids is 1. The van der Waals surface area contributed by atoms with E-state index in [0.717, 1.165) is 6.20 Å². The molecule has 31 heavy (non-hydrogen) atoms. The smallest absolute Gasteiger partial charge is 0.373 e. The summed E-state index contributed by atoms with van der Waals surface area (Å²) in [6.07, 6.45) is 0.454. The van der Waals surface area contributed by atoms with Gasteiger partial charge in [0.05, 0.1) is 17.3 Å². The van der Waals surface area contributed by atoms with Gasteiger partial charge in [-0.2, -0.15) is 0 Å². The largest absolute Gasteiger partial charge is 0.475 e. The highest BCUT2D eigenvalue weighted by Crippen LogP contribution is 2.32. The maximum absolute atomic E-state index is 13.8. The summed E-state index contributed by atoms with van der Waals surface area (Å²) < 4.78 is 46.3. The molecule has 1 saturated heterocycles. The SMILES string of the molecule is O=C(O)c1cnc(NC(=O)c2cc3ccc(F)cc3nc2N2CCCC(F)(F)CC2)o1. The van der Waals surface area contributed by atoms with Gasteiger partial charge in [0.15, 0.2) is 0 Å². The second-order valence-corrected chi connectivity index (χ2v) is 7.18. The predicted octanol–water partition coefficient (Wildman–Crippen LogP) is 3.94. The van der Waals surface area contributed by atoms with Crippen molar-refractivity contribution in [3.8, 4) is 0 Å². The van der Waals surface area contributed by atoms with Crippen molar-refractivity contribution in [2.75, 3.05) is 23.3 Å². The highest BCUT2D eigenvalue weighted by atomic mass is 19.3. The van der Waals surface area contributed by atoms with Gasteiger partial charge in [-0.05, 0) is 24.6 Å². The Kier molecular flexibility index (Phi) is 5.25. The molecule has 1 aromatic carbocycles. The topological polar surface area (TPSA) is 109 Å². The van der Waals surface area contributed by atoms with Crippen molar-refractivity contribution in [2.24, 2.45) is 0 Å². The molecule has 4 rings (SSSR count). The number of carboxylic acids is 1. The minimum Gasteiger partial charge on any atom is -0.475 e. The number of amides is 1. The Morgan fingerprint density at radius 2 is 2.00 bits per heavy atom. The molecule has 3 aromatic rings. The number of hydrogen-bond acceptors (Lipinski definition) is 6. The van der Waals surface area contributed by atoms with Crippen LogP contribution in [-0.2, 0) is 0 Å². The normalized spacial score (nSPS) is 16.2. The molecule has 0 radical (unpaired) electrons. The third kappa shape index (κ3) is 4.44. The summed E-state index contributed by atoms with van der Waals surface area (Å²) in [6, 6.07) is 4.99. The third-order valence-corrected chi connectivity index (χ3v) is 4.96. The van der Waals surface area contributed by atoms with Gasteiger partial charge in [-0.3, -0.25) is 10.1 Å². The number of alkyl halides is 2. The van der Waals surface area contributed by atoms with Crippen molar-refractivity contribution in [2.45, 2.75) is 25.2 Å². The third-order valence-electron chi connectivity index (χ3n) is 4.96. The number of oxazole rings is 1. The number of aromatic carboxylic acids is 1. The van der Waals surface area contributed by atoms with Gasteiger partial charge >= 0.3 is 12.0 Å². The van der Waals surface area contributed by atoms with Gasteiger partial charge in [0.25, 0.3) is 5.91 Å². The van der Waals surface area contributed by atoms with Gasteiger partial charge in [-0.25, -0.2) is 27.9 Å². The number of rotatable bonds is 4. The van der Waals surface area contributed by atoms with E-state index in [4.69, 9.17) is 9.52 Å². The summed E-state index contributed by atoms with van der Waals surface area (Å²) in [7, 11) is 0. The van der Waals surface area contributed by atoms with E-state index in [1.807, 2.05) is 0 Å². The maximum atomic E-state index is 13.8. The van der Waals surface area contributed by atoms with E-state index in [1.165, 1.54) is 24.3 Å². The van der Waals surface area contributed by atoms with Gasteiger partial charge in [-0.15, -0.1) is 0 Å². The first-order valence-electron chi connectivity index (χ1n) is 9.45. The first-order chi connectivity index (χ1) is 14.7. The van der Waals surface area contributed by atoms with Crippen LogP contribution in [0, 0.1) is 5.82 Å². The highest BCUT2D eigenvalue weighted by molar-refractivity contribution is 6.09. The molecule has 0 atom stereocenters. The zero-order valence-corrected chi connectivity index (χ0v) is 16.1. The molecule has 0 bridgehead atoms. The molecule has 1 amide bonds. The lowest BCUT2D eigenvalue weighted by Gasteiger charge is -2.24. The first-order valence-corrected chi connectivity index (χ1v) is 9.45. The van der Waals surface area contributed by atoms with Crippen molar-refractivity contribution in [1.29, 1.82) is 0 Å². The van der Waals surface area contributed by atoms with E-state index in [9.17, 15) is 22.8 Å². The van der Waals surface area contributed by atoms with Crippen LogP contribution in [0.15, 0.2) is 34.9 Å². The van der Waals surface area contributed by atoms with E-state index >= 15 is 0 Å². The number of carbonyl (C=O) groups is 2. The summed E-state index contributed by atoms with van der Waals surface area (Å²) >= 11 is 0. The van der Waals surface area contributed by atoms with Gasteiger partial charge < -0.3 is 14.4 Å². The van der Waals surface area contributed by atoms with Crippen LogP contribution in [0.2, 0.25) is 0 Å². The lowest BCUT2D eigenvalue weighted by molar-refractivity contribution is -0.0102. The Labute approximate surface area is 173 Å². The average molecular weight is 434 g/mol. The van der Waals surface area contributed by atoms with Crippen molar-refractivity contribution < 1.29 is 32.3 Å². The fraction of sp³-hybridized carbons (Fsp3) is 0.300. The van der Waals surface area contributed by atoms with Crippen LogP contribution in [0.25, 0.3) is 10.9 Å². The highest BCUT2D eigenvalue weighted by Gasteiger charge is 2.33. The number of aromatic nitrogens is 2. The van der Waals surface area contributed by atoms with Crippen LogP contribution in [0.1, 0.15) is 40.2 Å². The second kappa shape index (κ2) is 7.89. The molecule has 2 aromatic heterocycles. The zero-order valence-electron chi connectivity index (χ0n) is 16.1. The standard InChI is InChI=1S/C20H17F3N4O4/c21-12-3-2-11-8-13(17(28)26-19-24-10-15(31-19)18(29)30)16(25-14(11)9-12)27-6-1-4-20(22,23)5-7-27/h2-3,8-10H,1,4-7H2,(H,29,30)(H,24,26,28). The van der Waals surface area contributed by atoms with E-state index < -0.39 is 35.8 Å². The Morgan fingerprint density at radius 3 is 2.74 bits per heavy atom. The summed E-state index contributed by atoms with van der Waals surface area (Å²) in [4.78, 5) is 33.5. The van der Waals surface area contributed by atoms with Crippen molar-refractivity contribution in [1.82, 2.24) is 9.97 Å². The zero-order chi connectivity index (χ0) is 22.2. The molecule has 0 unspecified atom stereocenters. The van der Waals surface area contributed by atoms with Crippen LogP contribution < -0.4 is 10.2 Å². The Balaban J connectivity index is 1.72. The lowest BCUT2D eigenvalue weighted by atomic mass is 10.1. The minimum atomic E-state index is -2.81. The monoisotopic (exact) mass is 434 g/mol. The number of nitrogens with one attached hydrogen (secondary N) is 1. The fourth-order valence-corrected chi connectivity index (χ4v) is 3.41. The van der Waals surface area contributed by atoms with Crippen LogP contribution in [0.4, 0.5) is 25.0 Å². The Hall–Kier alpha value is -3.63. The van der Waals surface area contributed by atoms with E-state index in [0.29, 0.717) is 5.39 Å². The Morgan fingerprint density at radius 1 is 1.19 bits per heavy atom. The summed E-state index contributed by atoms with van der Waals surface area (Å²) in [5.74, 6) is -5.75. The summed E-state index contributed by atoms with van der Waals surface area (Å²) in [5, 5.41) is 11.7. The quantitative estimate of drug-likeness (QED) is 0.640. The Bertz CT molecular complexity index is 1160. The fourth-order valence-electron chi connectivity index (χ4n) is 3.41. The molecule has 8 nitrogen and oxygen atoms in total. The number of anilines is 2. The summed E-state index contributed by atoms with van der Waals surface area (Å²) in [6.45, 7) is 0.203. The molecule has 1 fully saturated rings. The van der Waals surface area contributed by atoms with Crippen LogP contribution in [-0.4, -0.2) is 46.0 Å². The molecule has 1 aliphatic rings. The molecule has 11 heteroatoms. The predicted molar refractivity (Wildman–Crippen MR) is 104 cm³/mol. The second-order valence-electron chi connectivity index (χ2n) is 7.18. The van der Waals surface area contributed by atoms with E-state index in [1.54, 1.807) is 4.90 Å². The molecular formula is C20H17F3N4O4. The maximum Gasteiger partial charge on any atom is 0.373 e.